The normalized spacial score (nSPS) is 12.7. The number of benzene rings is 2. The second-order valence-corrected chi connectivity index (χ2v) is 6.86. The van der Waals surface area contributed by atoms with Gasteiger partial charge in [0.15, 0.2) is 17.5 Å². The zero-order chi connectivity index (χ0) is 20.4. The molecule has 0 aliphatic rings. The first-order valence-electron chi connectivity index (χ1n) is 9.52. The molecular weight excluding hydrogens is 352 g/mol. The van der Waals surface area contributed by atoms with Crippen LogP contribution >= 0.6 is 0 Å². The quantitative estimate of drug-likeness (QED) is 0.487. The Balaban J connectivity index is 1.76. The molecule has 6 heteroatoms. The maximum absolute atomic E-state index is 6.00. The molecule has 0 fully saturated rings. The topological polar surface area (TPSA) is 72.1 Å². The Labute approximate surface area is 168 Å². The standard InChI is InChI=1S/C22H32N4O2/c1-17(26(2)16-18-8-6-5-7-9-18)12-13-24-22(23)25-15-19-10-11-20(27-3)21(14-19)28-4/h5-11,14,17H,12-13,15-16H2,1-4H3,(H3,23,24,25). The summed E-state index contributed by atoms with van der Waals surface area (Å²) < 4.78 is 10.6. The minimum atomic E-state index is 0.436. The van der Waals surface area contributed by atoms with Gasteiger partial charge in [-0.1, -0.05) is 36.4 Å². The van der Waals surface area contributed by atoms with Crippen LogP contribution in [0.2, 0.25) is 0 Å². The number of hydrogen-bond donors (Lipinski definition) is 2. The monoisotopic (exact) mass is 384 g/mol. The van der Waals surface area contributed by atoms with E-state index in [4.69, 9.17) is 15.2 Å². The number of nitrogens with one attached hydrogen (secondary N) is 1. The van der Waals surface area contributed by atoms with E-state index in [-0.39, 0.29) is 0 Å². The van der Waals surface area contributed by atoms with Gasteiger partial charge in [0.25, 0.3) is 0 Å². The summed E-state index contributed by atoms with van der Waals surface area (Å²) in [6.07, 6.45) is 0.982. The summed E-state index contributed by atoms with van der Waals surface area (Å²) in [5.74, 6) is 1.85. The van der Waals surface area contributed by atoms with E-state index >= 15 is 0 Å². The van der Waals surface area contributed by atoms with Gasteiger partial charge in [0.2, 0.25) is 0 Å². The van der Waals surface area contributed by atoms with Crippen LogP contribution in [0, 0.1) is 0 Å². The van der Waals surface area contributed by atoms with Crippen molar-refractivity contribution in [3.8, 4) is 11.5 Å². The summed E-state index contributed by atoms with van der Waals surface area (Å²) in [5, 5.41) is 3.20. The highest BCUT2D eigenvalue weighted by molar-refractivity contribution is 5.77. The molecule has 0 saturated carbocycles. The highest BCUT2D eigenvalue weighted by Gasteiger charge is 2.09. The lowest BCUT2D eigenvalue weighted by Gasteiger charge is -2.25. The van der Waals surface area contributed by atoms with E-state index in [1.54, 1.807) is 14.2 Å². The van der Waals surface area contributed by atoms with E-state index < -0.39 is 0 Å². The van der Waals surface area contributed by atoms with Gasteiger partial charge in [-0.3, -0.25) is 4.90 Å². The van der Waals surface area contributed by atoms with Crippen molar-refractivity contribution >= 4 is 5.96 Å². The second-order valence-electron chi connectivity index (χ2n) is 6.86. The van der Waals surface area contributed by atoms with E-state index in [2.05, 4.69) is 53.4 Å². The van der Waals surface area contributed by atoms with E-state index in [0.717, 1.165) is 25.1 Å². The number of guanidine groups is 1. The fourth-order valence-electron chi connectivity index (χ4n) is 2.87. The smallest absolute Gasteiger partial charge is 0.188 e. The van der Waals surface area contributed by atoms with Crippen molar-refractivity contribution in [2.24, 2.45) is 10.7 Å². The maximum Gasteiger partial charge on any atom is 0.188 e. The Morgan fingerprint density at radius 1 is 1.07 bits per heavy atom. The average Bonchev–Trinajstić information content (AvgIpc) is 2.72. The van der Waals surface area contributed by atoms with E-state index in [1.807, 2.05) is 24.3 Å². The molecule has 3 N–H and O–H groups in total. The molecule has 0 heterocycles. The highest BCUT2D eigenvalue weighted by atomic mass is 16.5. The van der Waals surface area contributed by atoms with E-state index in [1.165, 1.54) is 5.56 Å². The molecule has 28 heavy (non-hydrogen) atoms. The van der Waals surface area contributed by atoms with Crippen molar-refractivity contribution in [3.05, 3.63) is 59.7 Å². The van der Waals surface area contributed by atoms with Crippen molar-refractivity contribution in [3.63, 3.8) is 0 Å². The molecule has 0 aromatic heterocycles. The molecule has 2 aromatic carbocycles. The Hall–Kier alpha value is -2.73. The molecule has 1 atom stereocenters. The minimum Gasteiger partial charge on any atom is -0.493 e. The fraction of sp³-hybridized carbons (Fsp3) is 0.409. The number of methoxy groups -OCH3 is 2. The second kappa shape index (κ2) is 11.2. The number of aliphatic imine (C=N–C) groups is 1. The van der Waals surface area contributed by atoms with Crippen molar-refractivity contribution in [2.75, 3.05) is 27.8 Å². The van der Waals surface area contributed by atoms with Crippen LogP contribution in [-0.4, -0.2) is 44.7 Å². The first-order chi connectivity index (χ1) is 13.5. The lowest BCUT2D eigenvalue weighted by molar-refractivity contribution is 0.239. The predicted molar refractivity (Wildman–Crippen MR) is 115 cm³/mol. The molecule has 0 bridgehead atoms. The SMILES string of the molecule is COc1ccc(CN=C(N)NCCC(C)N(C)Cc2ccccc2)cc1OC. The van der Waals surface area contributed by atoms with Gasteiger partial charge in [0.1, 0.15) is 0 Å². The van der Waals surface area contributed by atoms with Crippen molar-refractivity contribution in [2.45, 2.75) is 32.5 Å². The van der Waals surface area contributed by atoms with Gasteiger partial charge in [-0.25, -0.2) is 4.99 Å². The van der Waals surface area contributed by atoms with Crippen LogP contribution in [0.1, 0.15) is 24.5 Å². The summed E-state index contributed by atoms with van der Waals surface area (Å²) in [7, 11) is 5.39. The van der Waals surface area contributed by atoms with E-state index in [9.17, 15) is 0 Å². The minimum absolute atomic E-state index is 0.436. The highest BCUT2D eigenvalue weighted by Crippen LogP contribution is 2.27. The molecule has 0 amide bonds. The van der Waals surface area contributed by atoms with Gasteiger partial charge >= 0.3 is 0 Å². The third-order valence-electron chi connectivity index (χ3n) is 4.78. The first kappa shape index (κ1) is 21.6. The molecule has 0 radical (unpaired) electrons. The molecule has 1 unspecified atom stereocenters. The van der Waals surface area contributed by atoms with Crippen LogP contribution in [0.3, 0.4) is 0 Å². The van der Waals surface area contributed by atoms with Gasteiger partial charge in [-0.15, -0.1) is 0 Å². The zero-order valence-corrected chi connectivity index (χ0v) is 17.3. The van der Waals surface area contributed by atoms with Gasteiger partial charge in [-0.2, -0.15) is 0 Å². The molecule has 0 aliphatic carbocycles. The number of rotatable bonds is 10. The van der Waals surface area contributed by atoms with Crippen LogP contribution in [0.4, 0.5) is 0 Å². The fourth-order valence-corrected chi connectivity index (χ4v) is 2.87. The molecule has 0 spiro atoms. The number of nitrogens with zero attached hydrogens (tertiary/aromatic N) is 2. The summed E-state index contributed by atoms with van der Waals surface area (Å²) in [4.78, 5) is 6.75. The summed E-state index contributed by atoms with van der Waals surface area (Å²) in [5.41, 5.74) is 8.34. The summed E-state index contributed by atoms with van der Waals surface area (Å²) >= 11 is 0. The van der Waals surface area contributed by atoms with Crippen LogP contribution in [0.5, 0.6) is 11.5 Å². The Bertz CT molecular complexity index is 749. The average molecular weight is 385 g/mol. The first-order valence-corrected chi connectivity index (χ1v) is 9.52. The van der Waals surface area contributed by atoms with Crippen molar-refractivity contribution in [1.29, 1.82) is 0 Å². The van der Waals surface area contributed by atoms with Crippen LogP contribution in [0.15, 0.2) is 53.5 Å². The molecule has 152 valence electrons. The lowest BCUT2D eigenvalue weighted by Crippen LogP contribution is -2.36. The van der Waals surface area contributed by atoms with Crippen LogP contribution < -0.4 is 20.5 Å². The van der Waals surface area contributed by atoms with Gasteiger partial charge in [0, 0.05) is 19.1 Å². The van der Waals surface area contributed by atoms with E-state index in [0.29, 0.717) is 30.0 Å². The largest absolute Gasteiger partial charge is 0.493 e. The van der Waals surface area contributed by atoms with Crippen molar-refractivity contribution < 1.29 is 9.47 Å². The number of ether oxygens (including phenoxy) is 2. The number of nitrogens with two attached hydrogens (primary N) is 1. The molecule has 6 nitrogen and oxygen atoms in total. The Kier molecular flexibility index (Phi) is 8.62. The Morgan fingerprint density at radius 3 is 2.46 bits per heavy atom. The van der Waals surface area contributed by atoms with Crippen molar-refractivity contribution in [1.82, 2.24) is 10.2 Å². The third kappa shape index (κ3) is 6.78. The molecule has 2 aromatic rings. The van der Waals surface area contributed by atoms with Gasteiger partial charge in [-0.05, 0) is 43.7 Å². The van der Waals surface area contributed by atoms with Crippen LogP contribution in [0.25, 0.3) is 0 Å². The van der Waals surface area contributed by atoms with Gasteiger partial charge < -0.3 is 20.5 Å². The molecular formula is C22H32N4O2. The summed E-state index contributed by atoms with van der Waals surface area (Å²) in [6, 6.07) is 16.7. The summed E-state index contributed by atoms with van der Waals surface area (Å²) in [6.45, 7) is 4.43. The molecule has 0 aliphatic heterocycles. The lowest BCUT2D eigenvalue weighted by atomic mass is 10.1. The Morgan fingerprint density at radius 2 is 1.79 bits per heavy atom. The predicted octanol–water partition coefficient (Wildman–Crippen LogP) is 3.02. The van der Waals surface area contributed by atoms with Crippen LogP contribution in [-0.2, 0) is 13.1 Å². The molecule has 0 saturated heterocycles. The third-order valence-corrected chi connectivity index (χ3v) is 4.78. The number of hydrogen-bond acceptors (Lipinski definition) is 4. The molecule has 2 rings (SSSR count). The van der Waals surface area contributed by atoms with Gasteiger partial charge in [0.05, 0.1) is 20.8 Å². The maximum atomic E-state index is 6.00. The zero-order valence-electron chi connectivity index (χ0n) is 17.3.